The van der Waals surface area contributed by atoms with Crippen LogP contribution in [0.15, 0.2) is 35.2 Å². The molecule has 2 nitrogen and oxygen atoms in total. The molecule has 0 radical (unpaired) electrons. The van der Waals surface area contributed by atoms with Gasteiger partial charge in [-0.15, -0.1) is 23.4 Å². The van der Waals surface area contributed by atoms with E-state index in [4.69, 9.17) is 16.3 Å². The summed E-state index contributed by atoms with van der Waals surface area (Å²) >= 11 is 7.73. The maximum Gasteiger partial charge on any atom is 0.0837 e. The van der Waals surface area contributed by atoms with Gasteiger partial charge in [-0.2, -0.15) is 0 Å². The zero-order chi connectivity index (χ0) is 11.9. The van der Waals surface area contributed by atoms with Crippen LogP contribution < -0.4 is 0 Å². The van der Waals surface area contributed by atoms with Crippen LogP contribution in [0.2, 0.25) is 0 Å². The highest BCUT2D eigenvalue weighted by atomic mass is 35.5. The minimum absolute atomic E-state index is 0.215. The number of thioether (sulfide) groups is 1. The van der Waals surface area contributed by atoms with E-state index in [9.17, 15) is 0 Å². The molecule has 1 aromatic carbocycles. The van der Waals surface area contributed by atoms with Crippen molar-refractivity contribution in [3.63, 3.8) is 0 Å². The fourth-order valence-electron chi connectivity index (χ4n) is 1.89. The topological polar surface area (TPSA) is 12.5 Å². The summed E-state index contributed by atoms with van der Waals surface area (Å²) in [6, 6.07) is 10.5. The van der Waals surface area contributed by atoms with Gasteiger partial charge in [0.1, 0.15) is 0 Å². The van der Waals surface area contributed by atoms with Crippen LogP contribution in [-0.2, 0) is 4.74 Å². The standard InChI is InChI=1S/C13H18ClNOS/c14-10-12-11-15(6-8-16-12)7-9-17-13-4-2-1-3-5-13/h1-5,12H,6-11H2. The number of hydrogen-bond donors (Lipinski definition) is 0. The Labute approximate surface area is 112 Å². The lowest BCUT2D eigenvalue weighted by atomic mass is 10.3. The molecule has 0 spiro atoms. The number of hydrogen-bond acceptors (Lipinski definition) is 3. The van der Waals surface area contributed by atoms with Crippen LogP contribution in [-0.4, -0.2) is 48.9 Å². The number of alkyl halides is 1. The first kappa shape index (κ1) is 13.2. The van der Waals surface area contributed by atoms with E-state index in [2.05, 4.69) is 35.2 Å². The minimum atomic E-state index is 0.215. The Morgan fingerprint density at radius 1 is 1.35 bits per heavy atom. The Morgan fingerprint density at radius 2 is 2.18 bits per heavy atom. The zero-order valence-electron chi connectivity index (χ0n) is 9.85. The normalized spacial score (nSPS) is 21.6. The summed E-state index contributed by atoms with van der Waals surface area (Å²) in [4.78, 5) is 3.78. The largest absolute Gasteiger partial charge is 0.374 e. The highest BCUT2D eigenvalue weighted by Crippen LogP contribution is 2.17. The van der Waals surface area contributed by atoms with Gasteiger partial charge in [0.05, 0.1) is 12.7 Å². The van der Waals surface area contributed by atoms with Crippen LogP contribution >= 0.6 is 23.4 Å². The average Bonchev–Trinajstić information content (AvgIpc) is 2.40. The van der Waals surface area contributed by atoms with Gasteiger partial charge in [0.15, 0.2) is 0 Å². The smallest absolute Gasteiger partial charge is 0.0837 e. The molecule has 1 aliphatic rings. The molecule has 0 aromatic heterocycles. The summed E-state index contributed by atoms with van der Waals surface area (Å²) in [6.45, 7) is 3.92. The Kier molecular flexibility index (Phi) is 5.65. The second kappa shape index (κ2) is 7.27. The number of halogens is 1. The number of rotatable bonds is 5. The van der Waals surface area contributed by atoms with Gasteiger partial charge in [-0.3, -0.25) is 4.90 Å². The molecule has 4 heteroatoms. The second-order valence-electron chi connectivity index (χ2n) is 4.11. The molecule has 1 saturated heterocycles. The van der Waals surface area contributed by atoms with Crippen LogP contribution in [0.25, 0.3) is 0 Å². The van der Waals surface area contributed by atoms with Crippen molar-refractivity contribution in [2.24, 2.45) is 0 Å². The van der Waals surface area contributed by atoms with Crippen molar-refractivity contribution < 1.29 is 4.74 Å². The summed E-state index contributed by atoms with van der Waals surface area (Å²) in [7, 11) is 0. The molecule has 0 N–H and O–H groups in total. The van der Waals surface area contributed by atoms with E-state index >= 15 is 0 Å². The Hall–Kier alpha value is -0.220. The predicted molar refractivity (Wildman–Crippen MR) is 74.1 cm³/mol. The van der Waals surface area contributed by atoms with Gasteiger partial charge in [-0.25, -0.2) is 0 Å². The van der Waals surface area contributed by atoms with E-state index in [1.54, 1.807) is 0 Å². The van der Waals surface area contributed by atoms with Crippen molar-refractivity contribution in [3.8, 4) is 0 Å². The van der Waals surface area contributed by atoms with Gasteiger partial charge >= 0.3 is 0 Å². The molecular weight excluding hydrogens is 254 g/mol. The zero-order valence-corrected chi connectivity index (χ0v) is 11.4. The number of morpholine rings is 1. The van der Waals surface area contributed by atoms with Gasteiger partial charge in [0.2, 0.25) is 0 Å². The van der Waals surface area contributed by atoms with Crippen molar-refractivity contribution in [2.75, 3.05) is 37.9 Å². The molecule has 0 bridgehead atoms. The maximum absolute atomic E-state index is 5.82. The van der Waals surface area contributed by atoms with Gasteiger partial charge in [0, 0.05) is 36.2 Å². The van der Waals surface area contributed by atoms with Crippen molar-refractivity contribution in [1.82, 2.24) is 4.90 Å². The molecule has 94 valence electrons. The first-order valence-corrected chi connectivity index (χ1v) is 7.48. The van der Waals surface area contributed by atoms with Gasteiger partial charge < -0.3 is 4.74 Å². The lowest BCUT2D eigenvalue weighted by Gasteiger charge is -2.31. The lowest BCUT2D eigenvalue weighted by Crippen LogP contribution is -2.44. The molecule has 0 amide bonds. The summed E-state index contributed by atoms with van der Waals surface area (Å²) in [6.07, 6.45) is 0.215. The fraction of sp³-hybridized carbons (Fsp3) is 0.538. The summed E-state index contributed by atoms with van der Waals surface area (Å²) in [5.74, 6) is 1.72. The third-order valence-electron chi connectivity index (χ3n) is 2.81. The van der Waals surface area contributed by atoms with Crippen LogP contribution in [0.5, 0.6) is 0 Å². The van der Waals surface area contributed by atoms with E-state index in [0.29, 0.717) is 5.88 Å². The van der Waals surface area contributed by atoms with Crippen molar-refractivity contribution in [2.45, 2.75) is 11.0 Å². The van der Waals surface area contributed by atoms with Gasteiger partial charge in [0.25, 0.3) is 0 Å². The molecule has 2 rings (SSSR count). The van der Waals surface area contributed by atoms with Crippen molar-refractivity contribution >= 4 is 23.4 Å². The van der Waals surface area contributed by atoms with Crippen LogP contribution in [0.1, 0.15) is 0 Å². The van der Waals surface area contributed by atoms with E-state index in [1.807, 2.05) is 11.8 Å². The molecule has 1 unspecified atom stereocenters. The second-order valence-corrected chi connectivity index (χ2v) is 5.59. The highest BCUT2D eigenvalue weighted by Gasteiger charge is 2.18. The number of nitrogens with zero attached hydrogens (tertiary/aromatic N) is 1. The molecule has 17 heavy (non-hydrogen) atoms. The molecule has 1 heterocycles. The molecule has 1 aliphatic heterocycles. The monoisotopic (exact) mass is 271 g/mol. The van der Waals surface area contributed by atoms with E-state index in [-0.39, 0.29) is 6.10 Å². The molecule has 1 atom stereocenters. The van der Waals surface area contributed by atoms with Crippen molar-refractivity contribution in [1.29, 1.82) is 0 Å². The highest BCUT2D eigenvalue weighted by molar-refractivity contribution is 7.99. The first-order valence-electron chi connectivity index (χ1n) is 5.96. The molecular formula is C13H18ClNOS. The van der Waals surface area contributed by atoms with Crippen LogP contribution in [0.3, 0.4) is 0 Å². The van der Waals surface area contributed by atoms with Gasteiger partial charge in [-0.05, 0) is 12.1 Å². The summed E-state index contributed by atoms with van der Waals surface area (Å²) in [5, 5.41) is 0. The number of benzene rings is 1. The Balaban J connectivity index is 1.68. The SMILES string of the molecule is ClCC1CN(CCSc2ccccc2)CCO1. The van der Waals surface area contributed by atoms with Crippen molar-refractivity contribution in [3.05, 3.63) is 30.3 Å². The molecule has 1 fully saturated rings. The minimum Gasteiger partial charge on any atom is -0.374 e. The Bertz CT molecular complexity index is 322. The Morgan fingerprint density at radius 3 is 2.94 bits per heavy atom. The summed E-state index contributed by atoms with van der Waals surface area (Å²) in [5.41, 5.74) is 0. The average molecular weight is 272 g/mol. The van der Waals surface area contributed by atoms with Crippen LogP contribution in [0, 0.1) is 0 Å². The third kappa shape index (κ3) is 4.51. The van der Waals surface area contributed by atoms with E-state index in [0.717, 1.165) is 32.0 Å². The number of ether oxygens (including phenoxy) is 1. The summed E-state index contributed by atoms with van der Waals surface area (Å²) < 4.78 is 5.54. The first-order chi connectivity index (χ1) is 8.38. The lowest BCUT2D eigenvalue weighted by molar-refractivity contribution is -0.0140. The molecule has 0 aliphatic carbocycles. The predicted octanol–water partition coefficient (Wildman–Crippen LogP) is 2.72. The van der Waals surface area contributed by atoms with Gasteiger partial charge in [-0.1, -0.05) is 18.2 Å². The quantitative estimate of drug-likeness (QED) is 0.604. The van der Waals surface area contributed by atoms with Crippen LogP contribution in [0.4, 0.5) is 0 Å². The molecule has 0 saturated carbocycles. The van der Waals surface area contributed by atoms with E-state index < -0.39 is 0 Å². The maximum atomic E-state index is 5.82. The molecule has 1 aromatic rings. The third-order valence-corrected chi connectivity index (χ3v) is 4.15. The fourth-order valence-corrected chi connectivity index (χ4v) is 3.01. The van der Waals surface area contributed by atoms with E-state index in [1.165, 1.54) is 4.90 Å².